The average molecular weight is 751 g/mol. The third-order valence-corrected chi connectivity index (χ3v) is 11.9. The van der Waals surface area contributed by atoms with Crippen LogP contribution in [0.4, 0.5) is 0 Å². The number of unbranched alkanes of at least 4 members (excludes halogenated alkanes) is 6. The van der Waals surface area contributed by atoms with Crippen LogP contribution < -0.4 is 0 Å². The predicted octanol–water partition coefficient (Wildman–Crippen LogP) is 14.3. The average Bonchev–Trinajstić information content (AvgIpc) is 3.94. The highest BCUT2D eigenvalue weighted by Crippen LogP contribution is 2.56. The number of hydrogen-bond donors (Lipinski definition) is 0. The molecule has 8 aromatic rings. The summed E-state index contributed by atoms with van der Waals surface area (Å²) in [6.07, 6.45) is 12.2. The summed E-state index contributed by atoms with van der Waals surface area (Å²) in [6.45, 7) is 8.57. The summed E-state index contributed by atoms with van der Waals surface area (Å²) in [4.78, 5) is 18.7. The van der Waals surface area contributed by atoms with Gasteiger partial charge < -0.3 is 8.83 Å². The fourth-order valence-corrected chi connectivity index (χ4v) is 8.96. The highest BCUT2D eigenvalue weighted by atomic mass is 16.4. The first kappa shape index (κ1) is 36.7. The number of fused-ring (bicyclic) bond motifs is 5. The molecular formula is C51H50N4O2. The second kappa shape index (κ2) is 15.6. The molecule has 4 aromatic heterocycles. The quantitative estimate of drug-likeness (QED) is 0.103. The van der Waals surface area contributed by atoms with Gasteiger partial charge in [-0.2, -0.15) is 9.97 Å². The van der Waals surface area contributed by atoms with Crippen LogP contribution in [-0.2, 0) is 5.41 Å². The molecule has 0 amide bonds. The van der Waals surface area contributed by atoms with Gasteiger partial charge in [0.15, 0.2) is 22.5 Å². The summed E-state index contributed by atoms with van der Waals surface area (Å²) in [6, 6.07) is 39.4. The lowest BCUT2D eigenvalue weighted by Gasteiger charge is -2.33. The molecule has 0 bridgehead atoms. The number of pyridine rings is 2. The maximum absolute atomic E-state index is 6.19. The molecule has 0 spiro atoms. The molecule has 0 atom stereocenters. The minimum Gasteiger partial charge on any atom is -0.434 e. The minimum absolute atomic E-state index is 0.0823. The van der Waals surface area contributed by atoms with Gasteiger partial charge in [-0.3, -0.25) is 0 Å². The van der Waals surface area contributed by atoms with E-state index in [1.54, 1.807) is 0 Å². The Labute approximate surface area is 335 Å². The molecule has 0 fully saturated rings. The van der Waals surface area contributed by atoms with Crippen molar-refractivity contribution in [2.24, 2.45) is 0 Å². The smallest absolute Gasteiger partial charge is 0.228 e. The molecule has 6 heteroatoms. The van der Waals surface area contributed by atoms with Crippen LogP contribution in [0.1, 0.15) is 101 Å². The van der Waals surface area contributed by atoms with Crippen molar-refractivity contribution in [1.29, 1.82) is 0 Å². The van der Waals surface area contributed by atoms with Gasteiger partial charge in [0.05, 0.1) is 0 Å². The standard InChI is InChI=1S/C51H50N4O2/c1-5-7-9-11-27-51(28-12-10-8-6-2)43-31-37(35-15-13-17-39(29-35)49-54-47-45(56-49)25-19-33(3)52-47)21-23-41(43)42-24-22-38(32-44(42)51)36-16-14-18-40(30-36)50-55-48-46(57-50)26-20-34(4)53-48/h13-26,29-32H,5-12,27-28H2,1-4H3. The SMILES string of the molecule is CCCCCCC1(CCCCCC)c2cc(-c3cccc(-c4nc5nc(C)ccc5o4)c3)ccc2-c2ccc(-c3cccc(-c4nc5nc(C)ccc5o4)c3)cc21. The molecule has 286 valence electrons. The lowest BCUT2D eigenvalue weighted by Crippen LogP contribution is -2.25. The Bertz CT molecular complexity index is 2530. The highest BCUT2D eigenvalue weighted by Gasteiger charge is 2.42. The van der Waals surface area contributed by atoms with Crippen LogP contribution in [-0.4, -0.2) is 19.9 Å². The van der Waals surface area contributed by atoms with Gasteiger partial charge in [-0.25, -0.2) is 9.97 Å². The topological polar surface area (TPSA) is 77.8 Å². The van der Waals surface area contributed by atoms with Crippen molar-refractivity contribution in [3.8, 4) is 56.3 Å². The summed E-state index contributed by atoms with van der Waals surface area (Å²) >= 11 is 0. The third-order valence-electron chi connectivity index (χ3n) is 11.9. The molecule has 4 aromatic carbocycles. The second-order valence-corrected chi connectivity index (χ2v) is 16.0. The molecule has 0 unspecified atom stereocenters. The van der Waals surface area contributed by atoms with Gasteiger partial charge in [0.25, 0.3) is 0 Å². The fourth-order valence-electron chi connectivity index (χ4n) is 8.96. The molecular weight excluding hydrogens is 701 g/mol. The van der Waals surface area contributed by atoms with Crippen LogP contribution in [0.15, 0.2) is 118 Å². The molecule has 9 rings (SSSR count). The molecule has 0 aliphatic heterocycles. The van der Waals surface area contributed by atoms with E-state index in [-0.39, 0.29) is 5.41 Å². The number of rotatable bonds is 14. The predicted molar refractivity (Wildman–Crippen MR) is 232 cm³/mol. The van der Waals surface area contributed by atoms with E-state index in [4.69, 9.17) is 18.8 Å². The molecule has 6 nitrogen and oxygen atoms in total. The zero-order chi connectivity index (χ0) is 38.9. The number of oxazole rings is 2. The summed E-state index contributed by atoms with van der Waals surface area (Å²) in [5.41, 5.74) is 16.8. The first-order chi connectivity index (χ1) is 27.9. The van der Waals surface area contributed by atoms with E-state index in [1.807, 2.05) is 38.1 Å². The maximum Gasteiger partial charge on any atom is 0.228 e. The van der Waals surface area contributed by atoms with Crippen molar-refractivity contribution in [3.63, 3.8) is 0 Å². The van der Waals surface area contributed by atoms with Crippen molar-refractivity contribution in [3.05, 3.63) is 132 Å². The van der Waals surface area contributed by atoms with Crippen molar-refractivity contribution < 1.29 is 8.83 Å². The Kier molecular flexibility index (Phi) is 10.0. The summed E-state index contributed by atoms with van der Waals surface area (Å²) < 4.78 is 12.4. The highest BCUT2D eigenvalue weighted by molar-refractivity contribution is 5.87. The molecule has 0 radical (unpaired) electrons. The molecule has 1 aliphatic carbocycles. The Hall–Kier alpha value is -5.88. The fraction of sp³-hybridized carbons (Fsp3) is 0.294. The van der Waals surface area contributed by atoms with Gasteiger partial charge in [-0.15, -0.1) is 0 Å². The summed E-state index contributed by atoms with van der Waals surface area (Å²) in [5, 5.41) is 0. The van der Waals surface area contributed by atoms with E-state index >= 15 is 0 Å². The van der Waals surface area contributed by atoms with Crippen LogP contribution >= 0.6 is 0 Å². The molecule has 4 heterocycles. The maximum atomic E-state index is 6.19. The first-order valence-corrected chi connectivity index (χ1v) is 20.9. The van der Waals surface area contributed by atoms with Gasteiger partial charge in [0.2, 0.25) is 11.8 Å². The number of hydrogen-bond acceptors (Lipinski definition) is 6. The zero-order valence-electron chi connectivity index (χ0n) is 33.6. The van der Waals surface area contributed by atoms with Crippen LogP contribution in [0.3, 0.4) is 0 Å². The van der Waals surface area contributed by atoms with Gasteiger partial charge in [-0.05, 0) is 132 Å². The van der Waals surface area contributed by atoms with Crippen LogP contribution in [0, 0.1) is 13.8 Å². The number of aryl methyl sites for hydroxylation is 2. The minimum atomic E-state index is -0.0823. The summed E-state index contributed by atoms with van der Waals surface area (Å²) in [7, 11) is 0. The van der Waals surface area contributed by atoms with Gasteiger partial charge >= 0.3 is 0 Å². The van der Waals surface area contributed by atoms with E-state index in [0.717, 1.165) is 46.5 Å². The van der Waals surface area contributed by atoms with Crippen LogP contribution in [0.2, 0.25) is 0 Å². The van der Waals surface area contributed by atoms with Crippen molar-refractivity contribution >= 4 is 22.5 Å². The molecule has 0 saturated carbocycles. The van der Waals surface area contributed by atoms with Crippen LogP contribution in [0.5, 0.6) is 0 Å². The van der Waals surface area contributed by atoms with Crippen molar-refractivity contribution in [2.45, 2.75) is 97.3 Å². The van der Waals surface area contributed by atoms with E-state index in [2.05, 4.69) is 109 Å². The largest absolute Gasteiger partial charge is 0.434 e. The Morgan fingerprint density at radius 1 is 0.439 bits per heavy atom. The van der Waals surface area contributed by atoms with Crippen molar-refractivity contribution in [1.82, 2.24) is 19.9 Å². The third kappa shape index (κ3) is 7.07. The van der Waals surface area contributed by atoms with Gasteiger partial charge in [0.1, 0.15) is 0 Å². The molecule has 0 saturated heterocycles. The molecule has 1 aliphatic rings. The molecule has 57 heavy (non-hydrogen) atoms. The van der Waals surface area contributed by atoms with Crippen LogP contribution in [0.25, 0.3) is 78.7 Å². The van der Waals surface area contributed by atoms with E-state index in [0.29, 0.717) is 34.2 Å². The monoisotopic (exact) mass is 750 g/mol. The van der Waals surface area contributed by atoms with Gasteiger partial charge in [0, 0.05) is 27.9 Å². The second-order valence-electron chi connectivity index (χ2n) is 16.0. The lowest BCUT2D eigenvalue weighted by atomic mass is 9.70. The summed E-state index contributed by atoms with van der Waals surface area (Å²) in [5.74, 6) is 1.19. The Morgan fingerprint density at radius 2 is 0.877 bits per heavy atom. The van der Waals surface area contributed by atoms with Gasteiger partial charge in [-0.1, -0.05) is 114 Å². The lowest BCUT2D eigenvalue weighted by molar-refractivity contribution is 0.401. The van der Waals surface area contributed by atoms with E-state index in [9.17, 15) is 0 Å². The first-order valence-electron chi connectivity index (χ1n) is 20.9. The van der Waals surface area contributed by atoms with Crippen molar-refractivity contribution in [2.75, 3.05) is 0 Å². The normalized spacial score (nSPS) is 13.1. The Morgan fingerprint density at radius 3 is 1.33 bits per heavy atom. The Balaban J connectivity index is 1.13. The molecule has 0 N–H and O–H groups in total. The number of benzene rings is 4. The number of aromatic nitrogens is 4. The van der Waals surface area contributed by atoms with E-state index in [1.165, 1.54) is 84.7 Å². The number of nitrogens with zero attached hydrogens (tertiary/aromatic N) is 4. The zero-order valence-corrected chi connectivity index (χ0v) is 33.6. The van der Waals surface area contributed by atoms with E-state index < -0.39 is 0 Å².